The van der Waals surface area contributed by atoms with Gasteiger partial charge in [0.05, 0.1) is 13.2 Å². The molecular weight excluding hydrogens is 172 g/mol. The van der Waals surface area contributed by atoms with Crippen LogP contribution in [0, 0.1) is 0 Å². The Kier molecular flexibility index (Phi) is 2.38. The molecule has 0 aromatic rings. The van der Waals surface area contributed by atoms with Crippen molar-refractivity contribution in [2.75, 3.05) is 14.2 Å². The van der Waals surface area contributed by atoms with Gasteiger partial charge < -0.3 is 14.2 Å². The van der Waals surface area contributed by atoms with E-state index in [0.29, 0.717) is 0 Å². The Bertz CT molecular complexity index is 228. The molecule has 0 saturated carbocycles. The van der Waals surface area contributed by atoms with Crippen LogP contribution >= 0.6 is 0 Å². The summed E-state index contributed by atoms with van der Waals surface area (Å²) in [4.78, 5) is 11.3. The first-order chi connectivity index (χ1) is 5.92. The van der Waals surface area contributed by atoms with E-state index in [4.69, 9.17) is 9.47 Å². The molecule has 1 fully saturated rings. The van der Waals surface area contributed by atoms with Crippen molar-refractivity contribution in [3.8, 4) is 0 Å². The average molecular weight is 188 g/mol. The van der Waals surface area contributed by atoms with Crippen molar-refractivity contribution in [2.45, 2.75) is 38.1 Å². The van der Waals surface area contributed by atoms with E-state index < -0.39 is 11.2 Å². The molecule has 1 aliphatic rings. The second-order valence-corrected chi connectivity index (χ2v) is 3.61. The van der Waals surface area contributed by atoms with Crippen molar-refractivity contribution < 1.29 is 19.0 Å². The molecule has 1 saturated heterocycles. The quantitative estimate of drug-likeness (QED) is 0.484. The third-order valence-electron chi connectivity index (χ3n) is 3.03. The second kappa shape index (κ2) is 2.96. The number of carbonyl (C=O) groups is 1. The topological polar surface area (TPSA) is 48.1 Å². The summed E-state index contributed by atoms with van der Waals surface area (Å²) in [6, 6.07) is 0. The van der Waals surface area contributed by atoms with Gasteiger partial charge in [-0.05, 0) is 20.8 Å². The Morgan fingerprint density at radius 1 is 1.38 bits per heavy atom. The van der Waals surface area contributed by atoms with Crippen molar-refractivity contribution >= 4 is 5.97 Å². The van der Waals surface area contributed by atoms with Crippen LogP contribution in [0.1, 0.15) is 20.8 Å². The van der Waals surface area contributed by atoms with Gasteiger partial charge >= 0.3 is 5.97 Å². The fourth-order valence-corrected chi connectivity index (χ4v) is 1.53. The van der Waals surface area contributed by atoms with Gasteiger partial charge in [-0.1, -0.05) is 0 Å². The molecule has 0 N–H and O–H groups in total. The van der Waals surface area contributed by atoms with Crippen molar-refractivity contribution in [2.24, 2.45) is 0 Å². The average Bonchev–Trinajstić information content (AvgIpc) is 2.69. The lowest BCUT2D eigenvalue weighted by Gasteiger charge is -2.16. The number of hydrogen-bond donors (Lipinski definition) is 0. The van der Waals surface area contributed by atoms with Crippen LogP contribution < -0.4 is 0 Å². The number of esters is 1. The lowest BCUT2D eigenvalue weighted by molar-refractivity contribution is -0.146. The van der Waals surface area contributed by atoms with Crippen LogP contribution in [0.4, 0.5) is 0 Å². The summed E-state index contributed by atoms with van der Waals surface area (Å²) in [6.07, 6.45) is -0.128. The molecular formula is C9H16O4. The maximum absolute atomic E-state index is 11.3. The second-order valence-electron chi connectivity index (χ2n) is 3.61. The van der Waals surface area contributed by atoms with Crippen LogP contribution in [-0.4, -0.2) is 37.5 Å². The third-order valence-corrected chi connectivity index (χ3v) is 3.03. The minimum atomic E-state index is -0.850. The lowest BCUT2D eigenvalue weighted by atomic mass is 9.91. The van der Waals surface area contributed by atoms with Gasteiger partial charge in [-0.15, -0.1) is 0 Å². The van der Waals surface area contributed by atoms with Crippen LogP contribution in [0.25, 0.3) is 0 Å². The fourth-order valence-electron chi connectivity index (χ4n) is 1.53. The highest BCUT2D eigenvalue weighted by atomic mass is 16.7. The summed E-state index contributed by atoms with van der Waals surface area (Å²) in [5.74, 6) is -0.348. The van der Waals surface area contributed by atoms with E-state index in [1.54, 1.807) is 14.0 Å². The summed E-state index contributed by atoms with van der Waals surface area (Å²) in [5.41, 5.74) is -1.41. The van der Waals surface area contributed by atoms with Gasteiger partial charge in [-0.3, -0.25) is 0 Å². The normalized spacial score (nSPS) is 39.8. The molecule has 4 heteroatoms. The third kappa shape index (κ3) is 1.25. The SMILES string of the molecule is COC(=O)C1(C)OC1(C)C(C)OC. The number of methoxy groups -OCH3 is 2. The van der Waals surface area contributed by atoms with E-state index in [1.807, 2.05) is 13.8 Å². The molecule has 0 aromatic heterocycles. The molecule has 0 spiro atoms. The fraction of sp³-hybridized carbons (Fsp3) is 0.889. The highest BCUT2D eigenvalue weighted by Crippen LogP contribution is 2.51. The Hall–Kier alpha value is -0.610. The smallest absolute Gasteiger partial charge is 0.341 e. The standard InChI is InChI=1S/C9H16O4/c1-6(11-4)8(2)9(3,13-8)7(10)12-5/h6H,1-5H3. The van der Waals surface area contributed by atoms with Gasteiger partial charge in [0, 0.05) is 7.11 Å². The summed E-state index contributed by atoms with van der Waals surface area (Å²) < 4.78 is 15.2. The van der Waals surface area contributed by atoms with Crippen LogP contribution in [0.5, 0.6) is 0 Å². The minimum Gasteiger partial charge on any atom is -0.467 e. The molecule has 3 unspecified atom stereocenters. The van der Waals surface area contributed by atoms with E-state index in [9.17, 15) is 4.79 Å². The molecule has 0 aliphatic carbocycles. The van der Waals surface area contributed by atoms with E-state index in [2.05, 4.69) is 4.74 Å². The monoisotopic (exact) mass is 188 g/mol. The first-order valence-corrected chi connectivity index (χ1v) is 4.23. The lowest BCUT2D eigenvalue weighted by Crippen LogP contribution is -2.38. The molecule has 3 atom stereocenters. The number of carbonyl (C=O) groups excluding carboxylic acids is 1. The van der Waals surface area contributed by atoms with E-state index >= 15 is 0 Å². The Labute approximate surface area is 78.2 Å². The van der Waals surface area contributed by atoms with Gasteiger partial charge in [0.25, 0.3) is 0 Å². The van der Waals surface area contributed by atoms with Gasteiger partial charge in [0.15, 0.2) is 5.60 Å². The maximum atomic E-state index is 11.3. The zero-order chi connectivity index (χ0) is 10.3. The van der Waals surface area contributed by atoms with Crippen LogP contribution in [0.3, 0.4) is 0 Å². The first-order valence-electron chi connectivity index (χ1n) is 4.23. The highest BCUT2D eigenvalue weighted by molar-refractivity contribution is 5.84. The molecule has 0 bridgehead atoms. The van der Waals surface area contributed by atoms with Crippen molar-refractivity contribution in [1.82, 2.24) is 0 Å². The van der Waals surface area contributed by atoms with Gasteiger partial charge in [0.1, 0.15) is 5.60 Å². The molecule has 1 rings (SSSR count). The van der Waals surface area contributed by atoms with E-state index in [1.165, 1.54) is 7.11 Å². The van der Waals surface area contributed by atoms with Crippen molar-refractivity contribution in [3.63, 3.8) is 0 Å². The minimum absolute atomic E-state index is 0.128. The van der Waals surface area contributed by atoms with Gasteiger partial charge in [0.2, 0.25) is 0 Å². The number of ether oxygens (including phenoxy) is 3. The molecule has 0 radical (unpaired) electrons. The summed E-state index contributed by atoms with van der Waals surface area (Å²) in [7, 11) is 2.95. The maximum Gasteiger partial charge on any atom is 0.341 e. The number of rotatable bonds is 3. The molecule has 4 nitrogen and oxygen atoms in total. The predicted molar refractivity (Wildman–Crippen MR) is 46.4 cm³/mol. The zero-order valence-electron chi connectivity index (χ0n) is 8.71. The van der Waals surface area contributed by atoms with Crippen molar-refractivity contribution in [3.05, 3.63) is 0 Å². The van der Waals surface area contributed by atoms with Crippen LogP contribution in [0.2, 0.25) is 0 Å². The molecule has 13 heavy (non-hydrogen) atoms. The molecule has 1 aliphatic heterocycles. The predicted octanol–water partition coefficient (Wildman–Crippen LogP) is 0.742. The number of hydrogen-bond acceptors (Lipinski definition) is 4. The van der Waals surface area contributed by atoms with Crippen molar-refractivity contribution in [1.29, 1.82) is 0 Å². The Morgan fingerprint density at radius 2 is 1.92 bits per heavy atom. The highest BCUT2D eigenvalue weighted by Gasteiger charge is 2.72. The summed E-state index contributed by atoms with van der Waals surface area (Å²) in [6.45, 7) is 5.43. The van der Waals surface area contributed by atoms with Crippen LogP contribution in [0.15, 0.2) is 0 Å². The molecule has 1 heterocycles. The Balaban J connectivity index is 2.75. The van der Waals surface area contributed by atoms with Gasteiger partial charge in [-0.2, -0.15) is 0 Å². The van der Waals surface area contributed by atoms with Crippen LogP contribution in [-0.2, 0) is 19.0 Å². The molecule has 0 aromatic carbocycles. The number of epoxide rings is 1. The van der Waals surface area contributed by atoms with Gasteiger partial charge in [-0.25, -0.2) is 4.79 Å². The largest absolute Gasteiger partial charge is 0.467 e. The molecule has 0 amide bonds. The Morgan fingerprint density at radius 3 is 2.31 bits per heavy atom. The van der Waals surface area contributed by atoms with E-state index in [0.717, 1.165) is 0 Å². The molecule has 76 valence electrons. The zero-order valence-corrected chi connectivity index (χ0v) is 8.71. The summed E-state index contributed by atoms with van der Waals surface area (Å²) >= 11 is 0. The first kappa shape index (κ1) is 10.5. The summed E-state index contributed by atoms with van der Waals surface area (Å²) in [5, 5.41) is 0. The van der Waals surface area contributed by atoms with E-state index in [-0.39, 0.29) is 12.1 Å².